The molecule has 26 heavy (non-hydrogen) atoms. The summed E-state index contributed by atoms with van der Waals surface area (Å²) in [7, 11) is 0. The number of rotatable bonds is 7. The maximum Gasteiger partial charge on any atom is 0.269 e. The largest absolute Gasteiger partial charge is 0.368 e. The van der Waals surface area contributed by atoms with E-state index in [1.807, 2.05) is 6.07 Å². The number of non-ortho nitro benzene ring substituents is 1. The van der Waals surface area contributed by atoms with Crippen LogP contribution in [0.4, 0.5) is 17.3 Å². The maximum atomic E-state index is 12.0. The Kier molecular flexibility index (Phi) is 5.57. The Morgan fingerprint density at radius 3 is 2.58 bits per heavy atom. The van der Waals surface area contributed by atoms with Crippen LogP contribution in [0.3, 0.4) is 0 Å². The summed E-state index contributed by atoms with van der Waals surface area (Å²) in [5.74, 6) is 1.35. The number of anilines is 2. The molecule has 1 aliphatic rings. The van der Waals surface area contributed by atoms with E-state index in [4.69, 9.17) is 0 Å². The molecule has 0 bridgehead atoms. The maximum absolute atomic E-state index is 12.0. The average Bonchev–Trinajstić information content (AvgIpc) is 3.20. The van der Waals surface area contributed by atoms with Gasteiger partial charge in [0, 0.05) is 49.9 Å². The molecular weight excluding hydrogens is 336 g/mol. The lowest BCUT2D eigenvalue weighted by atomic mass is 10.2. The van der Waals surface area contributed by atoms with Crippen molar-refractivity contribution in [2.45, 2.75) is 12.8 Å². The minimum absolute atomic E-state index is 0.0409. The highest BCUT2D eigenvalue weighted by atomic mass is 16.6. The second-order valence-electron chi connectivity index (χ2n) is 5.94. The molecule has 1 amide bonds. The second-order valence-corrected chi connectivity index (χ2v) is 5.94. The van der Waals surface area contributed by atoms with Crippen molar-refractivity contribution in [1.29, 1.82) is 0 Å². The molecule has 0 atom stereocenters. The summed E-state index contributed by atoms with van der Waals surface area (Å²) in [5, 5.41) is 16.5. The Labute approximate surface area is 150 Å². The summed E-state index contributed by atoms with van der Waals surface area (Å²) in [5.41, 5.74) is 0.342. The van der Waals surface area contributed by atoms with E-state index < -0.39 is 4.92 Å². The molecule has 0 spiro atoms. The molecule has 1 aromatic heterocycles. The van der Waals surface area contributed by atoms with Crippen LogP contribution in [-0.2, 0) is 0 Å². The van der Waals surface area contributed by atoms with Crippen LogP contribution in [0, 0.1) is 10.1 Å². The molecule has 1 aliphatic heterocycles. The van der Waals surface area contributed by atoms with Crippen molar-refractivity contribution in [2.24, 2.45) is 0 Å². The van der Waals surface area contributed by atoms with Crippen LogP contribution in [0.2, 0.25) is 0 Å². The molecule has 0 saturated carbocycles. The number of nitro groups is 1. The van der Waals surface area contributed by atoms with Crippen molar-refractivity contribution in [1.82, 2.24) is 15.3 Å². The first-order valence-electron chi connectivity index (χ1n) is 8.47. The van der Waals surface area contributed by atoms with Gasteiger partial charge < -0.3 is 15.5 Å². The Morgan fingerprint density at radius 2 is 1.88 bits per heavy atom. The SMILES string of the molecule is O=C(NCCNc1cc(N2CCCC2)ncn1)c1ccc([N+](=O)[O-])cc1. The van der Waals surface area contributed by atoms with Gasteiger partial charge in [-0.25, -0.2) is 9.97 Å². The van der Waals surface area contributed by atoms with E-state index in [1.165, 1.54) is 43.4 Å². The molecule has 9 nitrogen and oxygen atoms in total. The van der Waals surface area contributed by atoms with E-state index in [1.54, 1.807) is 0 Å². The topological polar surface area (TPSA) is 113 Å². The Balaban J connectivity index is 1.45. The number of hydrogen-bond acceptors (Lipinski definition) is 7. The third kappa shape index (κ3) is 4.44. The highest BCUT2D eigenvalue weighted by molar-refractivity contribution is 5.94. The summed E-state index contributed by atoms with van der Waals surface area (Å²) in [4.78, 5) is 32.9. The van der Waals surface area contributed by atoms with Gasteiger partial charge in [0.05, 0.1) is 4.92 Å². The zero-order valence-corrected chi connectivity index (χ0v) is 14.2. The lowest BCUT2D eigenvalue weighted by Gasteiger charge is -2.16. The van der Waals surface area contributed by atoms with Gasteiger partial charge in [0.15, 0.2) is 0 Å². The number of amides is 1. The third-order valence-electron chi connectivity index (χ3n) is 4.14. The fourth-order valence-electron chi connectivity index (χ4n) is 2.77. The molecule has 1 saturated heterocycles. The molecule has 2 heterocycles. The van der Waals surface area contributed by atoms with Crippen LogP contribution in [0.5, 0.6) is 0 Å². The van der Waals surface area contributed by atoms with Gasteiger partial charge in [-0.1, -0.05) is 0 Å². The monoisotopic (exact) mass is 356 g/mol. The molecule has 1 fully saturated rings. The van der Waals surface area contributed by atoms with Crippen LogP contribution >= 0.6 is 0 Å². The van der Waals surface area contributed by atoms with Crippen molar-refractivity contribution < 1.29 is 9.72 Å². The quantitative estimate of drug-likeness (QED) is 0.442. The van der Waals surface area contributed by atoms with E-state index in [9.17, 15) is 14.9 Å². The first-order chi connectivity index (χ1) is 12.6. The molecule has 2 aromatic rings. The number of nitrogens with zero attached hydrogens (tertiary/aromatic N) is 4. The Bertz CT molecular complexity index is 774. The van der Waals surface area contributed by atoms with E-state index >= 15 is 0 Å². The number of hydrogen-bond donors (Lipinski definition) is 2. The molecule has 2 N–H and O–H groups in total. The highest BCUT2D eigenvalue weighted by Gasteiger charge is 2.14. The van der Waals surface area contributed by atoms with E-state index in [2.05, 4.69) is 25.5 Å². The zero-order valence-electron chi connectivity index (χ0n) is 14.2. The van der Waals surface area contributed by atoms with Crippen LogP contribution in [0.15, 0.2) is 36.7 Å². The predicted molar refractivity (Wildman–Crippen MR) is 97.4 cm³/mol. The van der Waals surface area contributed by atoms with E-state index in [-0.39, 0.29) is 11.6 Å². The highest BCUT2D eigenvalue weighted by Crippen LogP contribution is 2.19. The van der Waals surface area contributed by atoms with Gasteiger partial charge in [0.2, 0.25) is 0 Å². The number of carbonyl (C=O) groups is 1. The molecule has 9 heteroatoms. The van der Waals surface area contributed by atoms with Gasteiger partial charge in [-0.3, -0.25) is 14.9 Å². The fourth-order valence-corrected chi connectivity index (χ4v) is 2.77. The molecule has 0 unspecified atom stereocenters. The zero-order chi connectivity index (χ0) is 18.4. The molecule has 1 aromatic carbocycles. The molecule has 3 rings (SSSR count). The number of carbonyl (C=O) groups excluding carboxylic acids is 1. The van der Waals surface area contributed by atoms with Gasteiger partial charge in [-0.15, -0.1) is 0 Å². The number of nitrogens with one attached hydrogen (secondary N) is 2. The smallest absolute Gasteiger partial charge is 0.269 e. The first-order valence-corrected chi connectivity index (χ1v) is 8.47. The summed E-state index contributed by atoms with van der Waals surface area (Å²) < 4.78 is 0. The van der Waals surface area contributed by atoms with Crippen molar-refractivity contribution >= 4 is 23.2 Å². The average molecular weight is 356 g/mol. The van der Waals surface area contributed by atoms with Crippen LogP contribution in [0.25, 0.3) is 0 Å². The Hall–Kier alpha value is -3.23. The minimum atomic E-state index is -0.496. The van der Waals surface area contributed by atoms with Crippen LogP contribution in [0.1, 0.15) is 23.2 Å². The van der Waals surface area contributed by atoms with Gasteiger partial charge in [0.25, 0.3) is 11.6 Å². The van der Waals surface area contributed by atoms with E-state index in [0.717, 1.165) is 18.9 Å². The summed E-state index contributed by atoms with van der Waals surface area (Å²) in [6, 6.07) is 7.41. The van der Waals surface area contributed by atoms with Gasteiger partial charge in [-0.05, 0) is 25.0 Å². The molecule has 0 radical (unpaired) electrons. The minimum Gasteiger partial charge on any atom is -0.368 e. The second kappa shape index (κ2) is 8.24. The molecule has 136 valence electrons. The van der Waals surface area contributed by atoms with Crippen LogP contribution in [-0.4, -0.2) is 47.0 Å². The number of aromatic nitrogens is 2. The lowest BCUT2D eigenvalue weighted by molar-refractivity contribution is -0.384. The number of benzene rings is 1. The fraction of sp³-hybridized carbons (Fsp3) is 0.353. The molecule has 0 aliphatic carbocycles. The predicted octanol–water partition coefficient (Wildman–Crippen LogP) is 1.83. The van der Waals surface area contributed by atoms with Crippen LogP contribution < -0.4 is 15.5 Å². The Morgan fingerprint density at radius 1 is 1.15 bits per heavy atom. The van der Waals surface area contributed by atoms with Gasteiger partial charge in [0.1, 0.15) is 18.0 Å². The normalized spacial score (nSPS) is 13.5. The summed E-state index contributed by atoms with van der Waals surface area (Å²) in [6.07, 6.45) is 3.90. The summed E-state index contributed by atoms with van der Waals surface area (Å²) in [6.45, 7) is 2.94. The standard InChI is InChI=1S/C17H20N6O3/c24-17(13-3-5-14(6-4-13)23(25)26)19-8-7-18-15-11-16(21-12-20-15)22-9-1-2-10-22/h3-6,11-12H,1-2,7-10H2,(H,19,24)(H,18,20,21). The van der Waals surface area contributed by atoms with Gasteiger partial charge in [-0.2, -0.15) is 0 Å². The lowest BCUT2D eigenvalue weighted by Crippen LogP contribution is -2.29. The van der Waals surface area contributed by atoms with E-state index in [0.29, 0.717) is 24.5 Å². The summed E-state index contributed by atoms with van der Waals surface area (Å²) >= 11 is 0. The number of nitro benzene ring substituents is 1. The van der Waals surface area contributed by atoms with Gasteiger partial charge >= 0.3 is 0 Å². The van der Waals surface area contributed by atoms with Crippen molar-refractivity contribution in [3.05, 3.63) is 52.3 Å². The third-order valence-corrected chi connectivity index (χ3v) is 4.14. The first kappa shape index (κ1) is 17.6. The van der Waals surface area contributed by atoms with Crippen molar-refractivity contribution in [3.8, 4) is 0 Å². The molecular formula is C17H20N6O3. The van der Waals surface area contributed by atoms with Crippen molar-refractivity contribution in [2.75, 3.05) is 36.4 Å². The van der Waals surface area contributed by atoms with Crippen molar-refractivity contribution in [3.63, 3.8) is 0 Å².